The molecule has 4 nitrogen and oxygen atoms in total. The molecule has 0 unspecified atom stereocenters. The van der Waals surface area contributed by atoms with E-state index in [0.717, 1.165) is 11.1 Å². The van der Waals surface area contributed by atoms with Crippen LogP contribution in [-0.2, 0) is 11.2 Å². The molecule has 0 aliphatic rings. The summed E-state index contributed by atoms with van der Waals surface area (Å²) in [5.41, 5.74) is 1.63. The second-order valence-corrected chi connectivity index (χ2v) is 3.62. The second-order valence-electron chi connectivity index (χ2n) is 3.62. The number of para-hydroxylation sites is 2. The van der Waals surface area contributed by atoms with Crippen LogP contribution in [0.4, 0.5) is 0 Å². The van der Waals surface area contributed by atoms with E-state index in [2.05, 4.69) is 10.3 Å². The highest BCUT2D eigenvalue weighted by atomic mass is 16.3. The van der Waals surface area contributed by atoms with E-state index in [9.17, 15) is 4.79 Å². The fourth-order valence-electron chi connectivity index (χ4n) is 1.53. The summed E-state index contributed by atoms with van der Waals surface area (Å²) in [4.78, 5) is 15.5. The number of nitrogens with one attached hydrogen (secondary N) is 1. The van der Waals surface area contributed by atoms with Crippen molar-refractivity contribution < 1.29 is 9.21 Å². The van der Waals surface area contributed by atoms with Gasteiger partial charge in [-0.3, -0.25) is 4.79 Å². The van der Waals surface area contributed by atoms with Crippen molar-refractivity contribution in [1.29, 1.82) is 0 Å². The van der Waals surface area contributed by atoms with Crippen molar-refractivity contribution in [1.82, 2.24) is 10.3 Å². The van der Waals surface area contributed by atoms with Crippen molar-refractivity contribution in [2.45, 2.75) is 13.3 Å². The Bertz CT molecular complexity index is 510. The molecule has 0 radical (unpaired) electrons. The third-order valence-electron chi connectivity index (χ3n) is 2.29. The molecule has 0 aliphatic carbocycles. The van der Waals surface area contributed by atoms with Crippen molar-refractivity contribution in [3.05, 3.63) is 42.3 Å². The van der Waals surface area contributed by atoms with E-state index in [4.69, 9.17) is 4.42 Å². The lowest BCUT2D eigenvalue weighted by atomic mass is 10.3. The zero-order valence-electron chi connectivity index (χ0n) is 9.64. The number of aromatic nitrogens is 1. The summed E-state index contributed by atoms with van der Waals surface area (Å²) in [6.45, 7) is 2.33. The van der Waals surface area contributed by atoms with Crippen LogP contribution in [0.1, 0.15) is 12.8 Å². The Morgan fingerprint density at radius 2 is 2.29 bits per heavy atom. The number of amides is 1. The molecule has 1 heterocycles. The lowest BCUT2D eigenvalue weighted by molar-refractivity contribution is -0.116. The number of carbonyl (C=O) groups is 1. The van der Waals surface area contributed by atoms with Gasteiger partial charge < -0.3 is 9.73 Å². The van der Waals surface area contributed by atoms with Crippen LogP contribution in [0.5, 0.6) is 0 Å². The number of benzene rings is 1. The highest BCUT2D eigenvalue weighted by molar-refractivity contribution is 5.87. The van der Waals surface area contributed by atoms with Gasteiger partial charge in [0.05, 0.1) is 0 Å². The van der Waals surface area contributed by atoms with E-state index < -0.39 is 0 Å². The fourth-order valence-corrected chi connectivity index (χ4v) is 1.53. The first-order valence-corrected chi connectivity index (χ1v) is 5.54. The van der Waals surface area contributed by atoms with E-state index in [1.165, 1.54) is 6.08 Å². The van der Waals surface area contributed by atoms with E-state index >= 15 is 0 Å². The Kier molecular flexibility index (Phi) is 3.55. The zero-order valence-corrected chi connectivity index (χ0v) is 9.64. The third-order valence-corrected chi connectivity index (χ3v) is 2.29. The topological polar surface area (TPSA) is 55.1 Å². The number of hydrogen-bond donors (Lipinski definition) is 1. The molecule has 4 heteroatoms. The standard InChI is InChI=1S/C13H14N2O2/c1-2-5-12(16)14-9-8-13-15-10-6-3-4-7-11(10)17-13/h2-7H,8-9H2,1H3,(H,14,16)/b5-2+. The Balaban J connectivity index is 1.93. The molecule has 0 bridgehead atoms. The smallest absolute Gasteiger partial charge is 0.243 e. The highest BCUT2D eigenvalue weighted by Gasteiger charge is 2.04. The van der Waals surface area contributed by atoms with Crippen molar-refractivity contribution in [3.8, 4) is 0 Å². The predicted molar refractivity (Wildman–Crippen MR) is 65.5 cm³/mol. The van der Waals surface area contributed by atoms with Crippen LogP contribution in [0.2, 0.25) is 0 Å². The minimum absolute atomic E-state index is 0.0939. The summed E-state index contributed by atoms with van der Waals surface area (Å²) >= 11 is 0. The lowest BCUT2D eigenvalue weighted by Gasteiger charge is -1.98. The average molecular weight is 230 g/mol. The molecule has 88 valence electrons. The van der Waals surface area contributed by atoms with Gasteiger partial charge in [-0.15, -0.1) is 0 Å². The molecule has 0 saturated heterocycles. The van der Waals surface area contributed by atoms with Crippen LogP contribution < -0.4 is 5.32 Å². The molecule has 17 heavy (non-hydrogen) atoms. The maximum Gasteiger partial charge on any atom is 0.243 e. The maximum absolute atomic E-state index is 11.2. The van der Waals surface area contributed by atoms with E-state index in [-0.39, 0.29) is 5.91 Å². The molecule has 0 aliphatic heterocycles. The normalized spacial score (nSPS) is 11.1. The Morgan fingerprint density at radius 1 is 1.47 bits per heavy atom. The summed E-state index contributed by atoms with van der Waals surface area (Å²) in [5.74, 6) is 0.551. The predicted octanol–water partition coefficient (Wildman–Crippen LogP) is 2.06. The van der Waals surface area contributed by atoms with Gasteiger partial charge in [-0.05, 0) is 25.1 Å². The summed E-state index contributed by atoms with van der Waals surface area (Å²) in [6, 6.07) is 7.61. The molecule has 1 amide bonds. The molecule has 2 rings (SSSR count). The van der Waals surface area contributed by atoms with Crippen LogP contribution in [0.3, 0.4) is 0 Å². The number of rotatable bonds is 4. The van der Waals surface area contributed by atoms with Gasteiger partial charge in [0.1, 0.15) is 5.52 Å². The Morgan fingerprint density at radius 3 is 3.06 bits per heavy atom. The molecule has 0 saturated carbocycles. The van der Waals surface area contributed by atoms with E-state index in [1.807, 2.05) is 24.3 Å². The molecular formula is C13H14N2O2. The Labute approximate surface area is 99.3 Å². The lowest BCUT2D eigenvalue weighted by Crippen LogP contribution is -2.23. The minimum atomic E-state index is -0.0939. The maximum atomic E-state index is 11.2. The van der Waals surface area contributed by atoms with Crippen molar-refractivity contribution >= 4 is 17.0 Å². The first-order valence-electron chi connectivity index (χ1n) is 5.54. The fraction of sp³-hybridized carbons (Fsp3) is 0.231. The van der Waals surface area contributed by atoms with Gasteiger partial charge in [0.2, 0.25) is 5.91 Å². The van der Waals surface area contributed by atoms with Gasteiger partial charge in [-0.2, -0.15) is 0 Å². The molecule has 2 aromatic rings. The van der Waals surface area contributed by atoms with Crippen molar-refractivity contribution in [2.24, 2.45) is 0 Å². The molecule has 0 fully saturated rings. The number of allylic oxidation sites excluding steroid dienone is 1. The largest absolute Gasteiger partial charge is 0.441 e. The first kappa shape index (κ1) is 11.4. The van der Waals surface area contributed by atoms with E-state index in [1.54, 1.807) is 13.0 Å². The SMILES string of the molecule is C/C=C/C(=O)NCCc1nc2ccccc2o1. The molecule has 1 aromatic carbocycles. The third kappa shape index (κ3) is 2.93. The van der Waals surface area contributed by atoms with Crippen LogP contribution in [0.25, 0.3) is 11.1 Å². The van der Waals surface area contributed by atoms with Crippen LogP contribution in [0.15, 0.2) is 40.8 Å². The van der Waals surface area contributed by atoms with Crippen molar-refractivity contribution in [2.75, 3.05) is 6.54 Å². The van der Waals surface area contributed by atoms with Gasteiger partial charge in [-0.25, -0.2) is 4.98 Å². The molecule has 1 N–H and O–H groups in total. The van der Waals surface area contributed by atoms with Gasteiger partial charge in [-0.1, -0.05) is 18.2 Å². The summed E-state index contributed by atoms with van der Waals surface area (Å²) in [7, 11) is 0. The summed E-state index contributed by atoms with van der Waals surface area (Å²) < 4.78 is 5.53. The summed E-state index contributed by atoms with van der Waals surface area (Å²) in [5, 5.41) is 2.75. The molecule has 0 atom stereocenters. The quantitative estimate of drug-likeness (QED) is 0.818. The van der Waals surface area contributed by atoms with E-state index in [0.29, 0.717) is 18.9 Å². The summed E-state index contributed by atoms with van der Waals surface area (Å²) in [6.07, 6.45) is 3.79. The number of hydrogen-bond acceptors (Lipinski definition) is 3. The van der Waals surface area contributed by atoms with Crippen molar-refractivity contribution in [3.63, 3.8) is 0 Å². The monoisotopic (exact) mass is 230 g/mol. The van der Waals surface area contributed by atoms with Crippen LogP contribution >= 0.6 is 0 Å². The van der Waals surface area contributed by atoms with Gasteiger partial charge >= 0.3 is 0 Å². The highest BCUT2D eigenvalue weighted by Crippen LogP contribution is 2.14. The zero-order chi connectivity index (χ0) is 12.1. The first-order chi connectivity index (χ1) is 8.29. The number of carbonyl (C=O) groups excluding carboxylic acids is 1. The molecule has 0 spiro atoms. The van der Waals surface area contributed by atoms with Crippen LogP contribution in [0, 0.1) is 0 Å². The molecular weight excluding hydrogens is 216 g/mol. The minimum Gasteiger partial charge on any atom is -0.441 e. The number of oxazole rings is 1. The average Bonchev–Trinajstić information content (AvgIpc) is 2.71. The number of fused-ring (bicyclic) bond motifs is 1. The number of nitrogens with zero attached hydrogens (tertiary/aromatic N) is 1. The van der Waals surface area contributed by atoms with Gasteiger partial charge in [0.25, 0.3) is 0 Å². The Hall–Kier alpha value is -2.10. The van der Waals surface area contributed by atoms with Gasteiger partial charge in [0, 0.05) is 13.0 Å². The van der Waals surface area contributed by atoms with Gasteiger partial charge in [0.15, 0.2) is 11.5 Å². The molecule has 1 aromatic heterocycles. The second kappa shape index (κ2) is 5.30. The van der Waals surface area contributed by atoms with Crippen LogP contribution in [-0.4, -0.2) is 17.4 Å².